The summed E-state index contributed by atoms with van der Waals surface area (Å²) in [5, 5.41) is 4.22. The lowest BCUT2D eigenvalue weighted by atomic mass is 10.1. The van der Waals surface area contributed by atoms with Crippen molar-refractivity contribution in [1.82, 2.24) is 14.7 Å². The molecule has 1 saturated carbocycles. The Bertz CT molecular complexity index is 376. The van der Waals surface area contributed by atoms with Crippen molar-refractivity contribution < 1.29 is 4.74 Å². The van der Waals surface area contributed by atoms with E-state index in [1.807, 2.05) is 25.0 Å². The van der Waals surface area contributed by atoms with Crippen LogP contribution in [0.2, 0.25) is 0 Å². The molecular formula is C12H19N3O. The summed E-state index contributed by atoms with van der Waals surface area (Å²) in [5.74, 6) is 0.756. The van der Waals surface area contributed by atoms with Crippen molar-refractivity contribution in [3.05, 3.63) is 18.0 Å². The predicted molar refractivity (Wildman–Crippen MR) is 60.9 cm³/mol. The number of hydrogen-bond donors (Lipinski definition) is 0. The number of nitrogens with zero attached hydrogens (tertiary/aromatic N) is 3. The average molecular weight is 221 g/mol. The molecule has 1 aromatic rings. The number of rotatable bonds is 3. The zero-order chi connectivity index (χ0) is 11.1. The number of hydrogen-bond acceptors (Lipinski definition) is 3. The fourth-order valence-corrected chi connectivity index (χ4v) is 3.27. The van der Waals surface area contributed by atoms with E-state index < -0.39 is 0 Å². The SMILES string of the molecule is CO[C@H]1C[C@H]2C[C@H]1CN2Cc1cnn(C)c1. The van der Waals surface area contributed by atoms with Crippen LogP contribution in [0.1, 0.15) is 18.4 Å². The van der Waals surface area contributed by atoms with Gasteiger partial charge in [-0.25, -0.2) is 0 Å². The second-order valence-electron chi connectivity index (χ2n) is 5.11. The van der Waals surface area contributed by atoms with Crippen molar-refractivity contribution in [1.29, 1.82) is 0 Å². The number of piperidine rings is 1. The highest BCUT2D eigenvalue weighted by atomic mass is 16.5. The van der Waals surface area contributed by atoms with Crippen molar-refractivity contribution >= 4 is 0 Å². The lowest BCUT2D eigenvalue weighted by Crippen LogP contribution is -2.37. The Morgan fingerprint density at radius 1 is 1.50 bits per heavy atom. The third-order valence-corrected chi connectivity index (χ3v) is 4.04. The van der Waals surface area contributed by atoms with Crippen LogP contribution < -0.4 is 0 Å². The summed E-state index contributed by atoms with van der Waals surface area (Å²) in [6.45, 7) is 2.24. The summed E-state index contributed by atoms with van der Waals surface area (Å²) < 4.78 is 7.38. The lowest BCUT2D eigenvalue weighted by molar-refractivity contribution is 0.0309. The van der Waals surface area contributed by atoms with Gasteiger partial charge in [-0.1, -0.05) is 0 Å². The standard InChI is InChI=1S/C12H19N3O/c1-14-6-9(5-13-14)7-15-8-10-3-11(15)4-12(10)16-2/h5-6,10-12H,3-4,7-8H2,1-2H3/t10-,11+,12-/m0/s1. The highest BCUT2D eigenvalue weighted by molar-refractivity contribution is 5.07. The first-order valence-electron chi connectivity index (χ1n) is 6.00. The molecule has 4 heteroatoms. The Balaban J connectivity index is 1.63. The number of likely N-dealkylation sites (tertiary alicyclic amines) is 1. The molecule has 16 heavy (non-hydrogen) atoms. The molecule has 3 rings (SSSR count). The number of fused-ring (bicyclic) bond motifs is 2. The Labute approximate surface area is 96.2 Å². The molecule has 2 aliphatic rings. The molecule has 0 unspecified atom stereocenters. The minimum Gasteiger partial charge on any atom is -0.381 e. The van der Waals surface area contributed by atoms with E-state index in [0.29, 0.717) is 6.10 Å². The number of ether oxygens (including phenoxy) is 1. The third kappa shape index (κ3) is 1.66. The first-order valence-corrected chi connectivity index (χ1v) is 6.00. The highest BCUT2D eigenvalue weighted by Gasteiger charge is 2.44. The molecule has 2 bridgehead atoms. The molecule has 2 heterocycles. The van der Waals surface area contributed by atoms with Gasteiger partial charge in [-0.3, -0.25) is 9.58 Å². The van der Waals surface area contributed by atoms with Crippen LogP contribution in [0.15, 0.2) is 12.4 Å². The number of aryl methyl sites for hydroxylation is 1. The molecule has 1 aliphatic heterocycles. The van der Waals surface area contributed by atoms with Gasteiger partial charge in [0.1, 0.15) is 0 Å². The maximum atomic E-state index is 5.50. The largest absolute Gasteiger partial charge is 0.381 e. The van der Waals surface area contributed by atoms with E-state index in [0.717, 1.165) is 18.5 Å². The molecule has 2 fully saturated rings. The Kier molecular flexibility index (Phi) is 2.48. The van der Waals surface area contributed by atoms with Crippen LogP contribution in [0.4, 0.5) is 0 Å². The maximum absolute atomic E-state index is 5.50. The maximum Gasteiger partial charge on any atom is 0.0627 e. The number of methoxy groups -OCH3 is 1. The van der Waals surface area contributed by atoms with Gasteiger partial charge in [0.15, 0.2) is 0 Å². The van der Waals surface area contributed by atoms with E-state index in [2.05, 4.69) is 16.2 Å². The van der Waals surface area contributed by atoms with Crippen LogP contribution in [0.3, 0.4) is 0 Å². The summed E-state index contributed by atoms with van der Waals surface area (Å²) in [4.78, 5) is 2.58. The van der Waals surface area contributed by atoms with Crippen LogP contribution in [0.5, 0.6) is 0 Å². The minimum absolute atomic E-state index is 0.509. The summed E-state index contributed by atoms with van der Waals surface area (Å²) in [7, 11) is 3.82. The zero-order valence-corrected chi connectivity index (χ0v) is 9.97. The van der Waals surface area contributed by atoms with E-state index in [-0.39, 0.29) is 0 Å². The zero-order valence-electron chi connectivity index (χ0n) is 9.97. The van der Waals surface area contributed by atoms with Crippen molar-refractivity contribution in [3.63, 3.8) is 0 Å². The van der Waals surface area contributed by atoms with Gasteiger partial charge in [0.25, 0.3) is 0 Å². The first-order chi connectivity index (χ1) is 7.76. The predicted octanol–water partition coefficient (Wildman–Crippen LogP) is 1.03. The molecule has 88 valence electrons. The van der Waals surface area contributed by atoms with Gasteiger partial charge >= 0.3 is 0 Å². The summed E-state index contributed by atoms with van der Waals surface area (Å²) in [5.41, 5.74) is 1.32. The van der Waals surface area contributed by atoms with E-state index >= 15 is 0 Å². The van der Waals surface area contributed by atoms with Crippen LogP contribution in [-0.4, -0.2) is 40.5 Å². The summed E-state index contributed by atoms with van der Waals surface area (Å²) in [6, 6.07) is 0.732. The average Bonchev–Trinajstić information content (AvgIpc) is 2.93. The number of aromatic nitrogens is 2. The Morgan fingerprint density at radius 2 is 2.38 bits per heavy atom. The molecule has 0 spiro atoms. The van der Waals surface area contributed by atoms with E-state index in [4.69, 9.17) is 4.74 Å². The molecule has 0 aromatic carbocycles. The second-order valence-corrected chi connectivity index (χ2v) is 5.11. The van der Waals surface area contributed by atoms with Gasteiger partial charge in [-0.05, 0) is 18.8 Å². The van der Waals surface area contributed by atoms with E-state index in [1.165, 1.54) is 24.9 Å². The molecule has 0 radical (unpaired) electrons. The minimum atomic E-state index is 0.509. The Morgan fingerprint density at radius 3 is 2.94 bits per heavy atom. The van der Waals surface area contributed by atoms with Gasteiger partial charge in [0, 0.05) is 45.0 Å². The quantitative estimate of drug-likeness (QED) is 0.763. The molecule has 0 amide bonds. The highest BCUT2D eigenvalue weighted by Crippen LogP contribution is 2.39. The van der Waals surface area contributed by atoms with Crippen molar-refractivity contribution in [3.8, 4) is 0 Å². The van der Waals surface area contributed by atoms with E-state index in [9.17, 15) is 0 Å². The molecule has 1 saturated heterocycles. The van der Waals surface area contributed by atoms with Gasteiger partial charge in [-0.15, -0.1) is 0 Å². The van der Waals surface area contributed by atoms with Crippen LogP contribution in [0, 0.1) is 5.92 Å². The monoisotopic (exact) mass is 221 g/mol. The fourth-order valence-electron chi connectivity index (χ4n) is 3.27. The van der Waals surface area contributed by atoms with Crippen molar-refractivity contribution in [2.45, 2.75) is 31.5 Å². The van der Waals surface area contributed by atoms with Crippen LogP contribution in [0.25, 0.3) is 0 Å². The smallest absolute Gasteiger partial charge is 0.0627 e. The van der Waals surface area contributed by atoms with Gasteiger partial charge in [-0.2, -0.15) is 5.10 Å². The van der Waals surface area contributed by atoms with Gasteiger partial charge in [0.05, 0.1) is 12.3 Å². The molecule has 1 aliphatic carbocycles. The van der Waals surface area contributed by atoms with Gasteiger partial charge < -0.3 is 4.74 Å². The van der Waals surface area contributed by atoms with Crippen LogP contribution in [-0.2, 0) is 18.3 Å². The first kappa shape index (κ1) is 10.3. The summed E-state index contributed by atoms with van der Waals surface area (Å²) >= 11 is 0. The summed E-state index contributed by atoms with van der Waals surface area (Å²) in [6.07, 6.45) is 7.12. The Hall–Kier alpha value is -0.870. The van der Waals surface area contributed by atoms with Crippen molar-refractivity contribution in [2.75, 3.05) is 13.7 Å². The fraction of sp³-hybridized carbons (Fsp3) is 0.750. The molecule has 1 aromatic heterocycles. The molecule has 3 atom stereocenters. The third-order valence-electron chi connectivity index (χ3n) is 4.04. The normalized spacial score (nSPS) is 33.8. The molecule has 0 N–H and O–H groups in total. The second kappa shape index (κ2) is 3.86. The molecule has 4 nitrogen and oxygen atoms in total. The topological polar surface area (TPSA) is 30.3 Å². The van der Waals surface area contributed by atoms with Crippen LogP contribution >= 0.6 is 0 Å². The lowest BCUT2D eigenvalue weighted by Gasteiger charge is -2.30. The molecular weight excluding hydrogens is 202 g/mol. The van der Waals surface area contributed by atoms with Crippen molar-refractivity contribution in [2.24, 2.45) is 13.0 Å². The van der Waals surface area contributed by atoms with Gasteiger partial charge in [0.2, 0.25) is 0 Å². The van der Waals surface area contributed by atoms with E-state index in [1.54, 1.807) is 0 Å².